The summed E-state index contributed by atoms with van der Waals surface area (Å²) < 4.78 is 62.8. The number of aromatic nitrogens is 4. The Kier molecular flexibility index (Phi) is 13.9. The van der Waals surface area contributed by atoms with Gasteiger partial charge in [0.2, 0.25) is 0 Å². The Labute approximate surface area is 403 Å². The molecule has 0 radical (unpaired) electrons. The summed E-state index contributed by atoms with van der Waals surface area (Å²) >= 11 is 6.30. The molecule has 4 aromatic carbocycles. The summed E-state index contributed by atoms with van der Waals surface area (Å²) in [5, 5.41) is 4.37. The Morgan fingerprint density at radius 1 is 0.618 bits per heavy atom. The van der Waals surface area contributed by atoms with E-state index in [4.69, 9.17) is 21.1 Å². The summed E-state index contributed by atoms with van der Waals surface area (Å²) in [6, 6.07) is 26.3. The molecule has 15 heteroatoms. The lowest BCUT2D eigenvalue weighted by molar-refractivity contribution is 0.161. The number of aryl methyl sites for hydroxylation is 1. The van der Waals surface area contributed by atoms with E-state index < -0.39 is 19.7 Å². The van der Waals surface area contributed by atoms with Crippen molar-refractivity contribution in [2.24, 2.45) is 11.8 Å². The second kappa shape index (κ2) is 19.8. The third-order valence-electron chi connectivity index (χ3n) is 13.6. The van der Waals surface area contributed by atoms with Crippen molar-refractivity contribution in [2.45, 2.75) is 56.2 Å². The van der Waals surface area contributed by atoms with Crippen LogP contribution >= 0.6 is 11.6 Å². The van der Waals surface area contributed by atoms with E-state index in [-0.39, 0.29) is 11.5 Å². The van der Waals surface area contributed by atoms with Gasteiger partial charge in [-0.3, -0.25) is 0 Å². The average Bonchev–Trinajstić information content (AvgIpc) is 3.93. The number of nitrogens with zero attached hydrogens (tertiary/aromatic N) is 4. The van der Waals surface area contributed by atoms with Gasteiger partial charge in [0.05, 0.1) is 50.6 Å². The minimum Gasteiger partial charge on any atom is -0.491 e. The van der Waals surface area contributed by atoms with Crippen molar-refractivity contribution in [1.29, 1.82) is 0 Å². The van der Waals surface area contributed by atoms with Crippen LogP contribution in [0.5, 0.6) is 11.5 Å². The van der Waals surface area contributed by atoms with E-state index in [1.165, 1.54) is 0 Å². The van der Waals surface area contributed by atoms with Crippen molar-refractivity contribution in [3.63, 3.8) is 0 Å². The van der Waals surface area contributed by atoms with E-state index in [2.05, 4.69) is 49.9 Å². The molecule has 0 spiro atoms. The number of pyridine rings is 2. The summed E-state index contributed by atoms with van der Waals surface area (Å²) in [6.45, 7) is 11.1. The standard InChI is InChI=1S/C27H31N3O3S.C26H28ClN3O3S/c1-4-34(31,32)21-7-5-6-20(15-21)22-8-9-24(33-17-19-10-12-30(3)13-11-19)26-25(22)23-14-18(2)16-28-27(23)29-26;1-3-34(31,32)20-6-4-5-18(13-20)21-7-8-23(33-16-17-9-11-30(2)12-10-17)25-24(21)22-14-19(27)15-28-26(22)29-25/h5-9,14-16,19H,4,10-13,17H2,1-3H3,(H,28,29);4-8,13-15,17H,3,9-12,16H2,1-2H3,(H,28,29). The maximum atomic E-state index is 12.5. The Bertz CT molecular complexity index is 3130. The smallest absolute Gasteiger partial charge is 0.178 e. The average molecular weight is 976 g/mol. The van der Waals surface area contributed by atoms with Crippen LogP contribution in [-0.2, 0) is 19.7 Å². The van der Waals surface area contributed by atoms with Gasteiger partial charge in [0.25, 0.3) is 0 Å². The topological polar surface area (TPSA) is 151 Å². The fourth-order valence-corrected chi connectivity index (χ4v) is 11.5. The summed E-state index contributed by atoms with van der Waals surface area (Å²) in [6.07, 6.45) is 8.01. The van der Waals surface area contributed by atoms with Gasteiger partial charge < -0.3 is 29.2 Å². The van der Waals surface area contributed by atoms with E-state index >= 15 is 0 Å². The van der Waals surface area contributed by atoms with Crippen molar-refractivity contribution in [1.82, 2.24) is 29.7 Å². The van der Waals surface area contributed by atoms with Crippen LogP contribution in [0.2, 0.25) is 5.02 Å². The Balaban J connectivity index is 0.000000170. The fraction of sp³-hybridized carbons (Fsp3) is 0.358. The summed E-state index contributed by atoms with van der Waals surface area (Å²) in [4.78, 5) is 21.4. The number of ether oxygens (including phenoxy) is 2. The molecule has 2 saturated heterocycles. The SMILES string of the molecule is CCS(=O)(=O)c1cccc(-c2ccc(OCC3CCN(C)CC3)c3[nH]c4ncc(C)cc4c23)c1.CCS(=O)(=O)c1cccc(-c2ccc(OCC3CCN(C)CC3)c3[nH]c4ncc(Cl)cc4c23)c1. The second-order valence-corrected chi connectivity index (χ2v) is 23.4. The zero-order chi connectivity index (χ0) is 47.7. The van der Waals surface area contributed by atoms with Crippen molar-refractivity contribution in [3.8, 4) is 33.8 Å². The molecule has 12 nitrogen and oxygen atoms in total. The number of likely N-dealkylation sites (tertiary alicyclic amines) is 2. The van der Waals surface area contributed by atoms with Gasteiger partial charge >= 0.3 is 0 Å². The fourth-order valence-electron chi connectivity index (χ4n) is 9.44. The number of hydrogen-bond donors (Lipinski definition) is 2. The van der Waals surface area contributed by atoms with Crippen LogP contribution in [-0.4, -0.2) is 112 Å². The molecule has 0 atom stereocenters. The van der Waals surface area contributed by atoms with E-state index in [0.717, 1.165) is 129 Å². The predicted octanol–water partition coefficient (Wildman–Crippen LogP) is 10.8. The van der Waals surface area contributed by atoms with Gasteiger partial charge in [0.15, 0.2) is 19.7 Å². The molecule has 2 N–H and O–H groups in total. The second-order valence-electron chi connectivity index (χ2n) is 18.4. The highest BCUT2D eigenvalue weighted by Gasteiger charge is 2.23. The molecular weight excluding hydrogens is 916 g/mol. The maximum absolute atomic E-state index is 12.5. The molecule has 0 bridgehead atoms. The highest BCUT2D eigenvalue weighted by atomic mass is 35.5. The number of hydrogen-bond acceptors (Lipinski definition) is 10. The van der Waals surface area contributed by atoms with Crippen LogP contribution in [0.15, 0.2) is 107 Å². The molecule has 10 rings (SSSR count). The number of nitrogens with one attached hydrogen (secondary N) is 2. The van der Waals surface area contributed by atoms with Gasteiger partial charge in [-0.2, -0.15) is 0 Å². The van der Waals surface area contributed by atoms with Crippen molar-refractivity contribution >= 4 is 75.1 Å². The van der Waals surface area contributed by atoms with Gasteiger partial charge in [0.1, 0.15) is 22.8 Å². The zero-order valence-corrected chi connectivity index (χ0v) is 41.7. The largest absolute Gasteiger partial charge is 0.491 e. The number of H-pyrrole nitrogens is 2. The highest BCUT2D eigenvalue weighted by Crippen LogP contribution is 2.42. The van der Waals surface area contributed by atoms with Crippen molar-refractivity contribution in [2.75, 3.05) is 65.0 Å². The molecule has 356 valence electrons. The minimum atomic E-state index is -3.32. The molecule has 2 aliphatic heterocycles. The molecule has 2 aliphatic rings. The molecule has 4 aromatic heterocycles. The summed E-state index contributed by atoms with van der Waals surface area (Å²) in [5.41, 5.74) is 7.90. The summed E-state index contributed by atoms with van der Waals surface area (Å²) in [7, 11) is -2.30. The van der Waals surface area contributed by atoms with Crippen molar-refractivity contribution in [3.05, 3.63) is 108 Å². The molecule has 2 fully saturated rings. The number of sulfone groups is 2. The van der Waals surface area contributed by atoms with Gasteiger partial charge in [-0.15, -0.1) is 0 Å². The first-order valence-corrected chi connectivity index (χ1v) is 27.2. The lowest BCUT2D eigenvalue weighted by Crippen LogP contribution is -2.32. The number of fused-ring (bicyclic) bond motifs is 6. The van der Waals surface area contributed by atoms with Crippen LogP contribution in [0.25, 0.3) is 66.1 Å². The van der Waals surface area contributed by atoms with Gasteiger partial charge in [-0.25, -0.2) is 26.8 Å². The van der Waals surface area contributed by atoms with Gasteiger partial charge in [0, 0.05) is 33.9 Å². The van der Waals surface area contributed by atoms with Crippen LogP contribution in [0.1, 0.15) is 45.1 Å². The van der Waals surface area contributed by atoms with Crippen molar-refractivity contribution < 1.29 is 26.3 Å². The number of rotatable bonds is 12. The first kappa shape index (κ1) is 47.6. The van der Waals surface area contributed by atoms with Gasteiger partial charge in [-0.1, -0.05) is 49.7 Å². The molecule has 0 amide bonds. The summed E-state index contributed by atoms with van der Waals surface area (Å²) in [5.74, 6) is 2.79. The van der Waals surface area contributed by atoms with E-state index in [9.17, 15) is 16.8 Å². The zero-order valence-electron chi connectivity index (χ0n) is 39.3. The molecule has 0 aliphatic carbocycles. The number of halogens is 1. The minimum absolute atomic E-state index is 0.0578. The van der Waals surface area contributed by atoms with E-state index in [1.807, 2.05) is 61.7 Å². The Hall–Kier alpha value is -5.51. The lowest BCUT2D eigenvalue weighted by Gasteiger charge is -2.28. The van der Waals surface area contributed by atoms with Crippen LogP contribution < -0.4 is 9.47 Å². The third kappa shape index (κ3) is 9.98. The monoisotopic (exact) mass is 974 g/mol. The Morgan fingerprint density at radius 2 is 1.06 bits per heavy atom. The molecule has 0 unspecified atom stereocenters. The van der Waals surface area contributed by atoms with Crippen LogP contribution in [0.4, 0.5) is 0 Å². The molecule has 68 heavy (non-hydrogen) atoms. The first-order valence-electron chi connectivity index (χ1n) is 23.5. The van der Waals surface area contributed by atoms with Gasteiger partial charge in [-0.05, 0) is 173 Å². The van der Waals surface area contributed by atoms with Crippen LogP contribution in [0, 0.1) is 18.8 Å². The number of benzene rings is 4. The predicted molar refractivity (Wildman–Crippen MR) is 275 cm³/mol. The molecule has 0 saturated carbocycles. The molecule has 8 aromatic rings. The molecule has 6 heterocycles. The van der Waals surface area contributed by atoms with E-state index in [0.29, 0.717) is 45.5 Å². The maximum Gasteiger partial charge on any atom is 0.178 e. The normalized spacial score (nSPS) is 15.9. The van der Waals surface area contributed by atoms with Crippen LogP contribution in [0.3, 0.4) is 0 Å². The lowest BCUT2D eigenvalue weighted by atomic mass is 9.98. The quantitative estimate of drug-likeness (QED) is 0.121. The third-order valence-corrected chi connectivity index (χ3v) is 17.3. The first-order chi connectivity index (χ1) is 32.7. The molecular formula is C53H59ClN6O6S2. The number of aromatic amines is 2. The highest BCUT2D eigenvalue weighted by molar-refractivity contribution is 7.91. The van der Waals surface area contributed by atoms with E-state index in [1.54, 1.807) is 50.4 Å². The Morgan fingerprint density at radius 3 is 1.51 bits per heavy atom. The number of piperidine rings is 2.